The fourth-order valence-electron chi connectivity index (χ4n) is 3.39. The van der Waals surface area contributed by atoms with E-state index in [-0.39, 0.29) is 18.1 Å². The Balaban J connectivity index is 2.04. The average Bonchev–Trinajstić information content (AvgIpc) is 3.26. The van der Waals surface area contributed by atoms with E-state index < -0.39 is 17.2 Å². The van der Waals surface area contributed by atoms with Crippen molar-refractivity contribution >= 4 is 17.4 Å². The number of H-pyrrole nitrogens is 1. The third kappa shape index (κ3) is 4.99. The summed E-state index contributed by atoms with van der Waals surface area (Å²) in [4.78, 5) is 42.3. The lowest BCUT2D eigenvalue weighted by molar-refractivity contribution is 0.0985. The number of aromatic amines is 1. The first kappa shape index (κ1) is 23.1. The predicted octanol–water partition coefficient (Wildman–Crippen LogP) is 2.80. The largest absolute Gasteiger partial charge is 0.383 e. The van der Waals surface area contributed by atoms with Gasteiger partial charge in [0.15, 0.2) is 5.69 Å². The first-order valence-electron chi connectivity index (χ1n) is 10.9. The zero-order chi connectivity index (χ0) is 23.3. The molecule has 9 nitrogen and oxygen atoms in total. The van der Waals surface area contributed by atoms with Crippen molar-refractivity contribution < 1.29 is 4.79 Å². The highest BCUT2D eigenvalue weighted by Gasteiger charge is 2.26. The molecule has 0 aliphatic rings. The van der Waals surface area contributed by atoms with E-state index in [1.54, 1.807) is 10.9 Å². The van der Waals surface area contributed by atoms with Crippen LogP contribution >= 0.6 is 0 Å². The number of unbranched alkanes of at least 4 members (excludes halogenated alkanes) is 1. The molecule has 0 radical (unpaired) electrons. The minimum Gasteiger partial charge on any atom is -0.383 e. The Morgan fingerprint density at radius 2 is 1.94 bits per heavy atom. The van der Waals surface area contributed by atoms with Gasteiger partial charge >= 0.3 is 5.69 Å². The molecule has 9 heteroatoms. The number of hydrogen-bond donors (Lipinski definition) is 2. The molecule has 0 saturated heterocycles. The number of nitrogens with one attached hydrogen (secondary N) is 1. The molecular weight excluding hydrogens is 408 g/mol. The quantitative estimate of drug-likeness (QED) is 0.532. The van der Waals surface area contributed by atoms with Gasteiger partial charge in [-0.1, -0.05) is 45.4 Å². The van der Waals surface area contributed by atoms with Crippen LogP contribution in [0.25, 0.3) is 5.69 Å². The Kier molecular flexibility index (Phi) is 7.29. The Labute approximate surface area is 186 Å². The van der Waals surface area contributed by atoms with Gasteiger partial charge < -0.3 is 10.6 Å². The molecule has 0 aliphatic carbocycles. The normalized spacial score (nSPS) is 11.1. The summed E-state index contributed by atoms with van der Waals surface area (Å²) in [5, 5.41) is 4.29. The van der Waals surface area contributed by atoms with Crippen molar-refractivity contribution in [3.05, 3.63) is 69.1 Å². The fraction of sp³-hybridized carbons (Fsp3) is 0.391. The van der Waals surface area contributed by atoms with Gasteiger partial charge in [-0.15, -0.1) is 0 Å². The topological polar surface area (TPSA) is 119 Å². The Morgan fingerprint density at radius 1 is 1.22 bits per heavy atom. The maximum atomic E-state index is 13.5. The number of benzene rings is 1. The van der Waals surface area contributed by atoms with E-state index in [4.69, 9.17) is 5.73 Å². The molecule has 3 N–H and O–H groups in total. The highest BCUT2D eigenvalue weighted by Crippen LogP contribution is 2.21. The number of hydrogen-bond acceptors (Lipinski definition) is 5. The third-order valence-electron chi connectivity index (χ3n) is 5.24. The highest BCUT2D eigenvalue weighted by atomic mass is 16.2. The van der Waals surface area contributed by atoms with Gasteiger partial charge in [-0.3, -0.25) is 19.1 Å². The molecule has 3 aromatic rings. The molecule has 0 saturated carbocycles. The Morgan fingerprint density at radius 3 is 2.59 bits per heavy atom. The van der Waals surface area contributed by atoms with Crippen LogP contribution < -0.4 is 21.9 Å². The van der Waals surface area contributed by atoms with Gasteiger partial charge in [-0.2, -0.15) is 5.10 Å². The van der Waals surface area contributed by atoms with Crippen LogP contribution in [-0.2, 0) is 6.54 Å². The van der Waals surface area contributed by atoms with E-state index in [0.717, 1.165) is 18.5 Å². The molecule has 1 amide bonds. The summed E-state index contributed by atoms with van der Waals surface area (Å²) in [6.07, 6.45) is 5.33. The monoisotopic (exact) mass is 438 g/mol. The van der Waals surface area contributed by atoms with E-state index in [9.17, 15) is 14.4 Å². The lowest BCUT2D eigenvalue weighted by Gasteiger charge is -2.25. The number of carbonyl (C=O) groups is 1. The molecule has 0 fully saturated rings. The number of nitrogens with two attached hydrogens (primary N) is 1. The summed E-state index contributed by atoms with van der Waals surface area (Å²) in [7, 11) is 0. The average molecular weight is 439 g/mol. The lowest BCUT2D eigenvalue weighted by Crippen LogP contribution is -2.42. The third-order valence-corrected chi connectivity index (χ3v) is 5.24. The molecular formula is C23H30N6O3. The summed E-state index contributed by atoms with van der Waals surface area (Å²) in [5.41, 5.74) is 6.16. The van der Waals surface area contributed by atoms with Crippen molar-refractivity contribution in [3.63, 3.8) is 0 Å². The molecule has 170 valence electrons. The second-order valence-electron chi connectivity index (χ2n) is 8.15. The van der Waals surface area contributed by atoms with Crippen LogP contribution in [0.4, 0.5) is 11.5 Å². The SMILES string of the molecule is CCCCn1c(N)c(N(CCC(C)C)C(=O)c2cnn(-c3ccccc3)c2)c(=O)[nH]c1=O. The minimum absolute atomic E-state index is 0.000225. The van der Waals surface area contributed by atoms with Crippen molar-refractivity contribution in [1.29, 1.82) is 0 Å². The number of amides is 1. The fourth-order valence-corrected chi connectivity index (χ4v) is 3.39. The molecule has 2 heterocycles. The number of aromatic nitrogens is 4. The molecule has 32 heavy (non-hydrogen) atoms. The van der Waals surface area contributed by atoms with E-state index >= 15 is 0 Å². The van der Waals surface area contributed by atoms with Crippen LogP contribution in [-0.4, -0.2) is 31.8 Å². The maximum Gasteiger partial charge on any atom is 0.330 e. The zero-order valence-electron chi connectivity index (χ0n) is 18.7. The van der Waals surface area contributed by atoms with Crippen LogP contribution in [0.5, 0.6) is 0 Å². The van der Waals surface area contributed by atoms with E-state index in [2.05, 4.69) is 10.1 Å². The van der Waals surface area contributed by atoms with Gasteiger partial charge in [0.25, 0.3) is 11.5 Å². The number of nitrogen functional groups attached to an aromatic ring is 1. The summed E-state index contributed by atoms with van der Waals surface area (Å²) in [6, 6.07) is 9.42. The number of rotatable bonds is 9. The Hall–Kier alpha value is -3.62. The standard InChI is InChI=1S/C23H30N6O3/c1-4-5-12-28-20(24)19(21(30)26-23(28)32)27(13-11-16(2)3)22(31)17-14-25-29(15-17)18-9-7-6-8-10-18/h6-10,14-16H,4-5,11-13,24H2,1-3H3,(H,26,30,32). The summed E-state index contributed by atoms with van der Waals surface area (Å²) in [6.45, 7) is 6.71. The van der Waals surface area contributed by atoms with Gasteiger partial charge in [-0.25, -0.2) is 9.48 Å². The van der Waals surface area contributed by atoms with Crippen molar-refractivity contribution in [2.45, 2.75) is 46.6 Å². The smallest absolute Gasteiger partial charge is 0.330 e. The molecule has 0 atom stereocenters. The van der Waals surface area contributed by atoms with Gasteiger partial charge in [0, 0.05) is 19.3 Å². The van der Waals surface area contributed by atoms with Crippen LogP contribution in [0.15, 0.2) is 52.3 Å². The lowest BCUT2D eigenvalue weighted by atomic mass is 10.1. The number of anilines is 2. The van der Waals surface area contributed by atoms with E-state index in [1.165, 1.54) is 15.7 Å². The Bertz CT molecular complexity index is 1180. The molecule has 2 aromatic heterocycles. The van der Waals surface area contributed by atoms with Gasteiger partial charge in [0.05, 0.1) is 17.4 Å². The summed E-state index contributed by atoms with van der Waals surface area (Å²) in [5.74, 6) is -0.103. The van der Waals surface area contributed by atoms with Gasteiger partial charge in [0.2, 0.25) is 0 Å². The van der Waals surface area contributed by atoms with E-state index in [1.807, 2.05) is 51.1 Å². The van der Waals surface area contributed by atoms with Crippen molar-refractivity contribution in [1.82, 2.24) is 19.3 Å². The first-order chi connectivity index (χ1) is 15.3. The van der Waals surface area contributed by atoms with Crippen LogP contribution in [0, 0.1) is 5.92 Å². The van der Waals surface area contributed by atoms with Crippen LogP contribution in [0.3, 0.4) is 0 Å². The van der Waals surface area contributed by atoms with Gasteiger partial charge in [0.1, 0.15) is 5.82 Å². The van der Waals surface area contributed by atoms with E-state index in [0.29, 0.717) is 24.4 Å². The number of carbonyl (C=O) groups excluding carboxylic acids is 1. The zero-order valence-corrected chi connectivity index (χ0v) is 18.7. The van der Waals surface area contributed by atoms with Crippen molar-refractivity contribution in [2.75, 3.05) is 17.2 Å². The highest BCUT2D eigenvalue weighted by molar-refractivity contribution is 6.07. The summed E-state index contributed by atoms with van der Waals surface area (Å²) < 4.78 is 2.92. The molecule has 1 aromatic carbocycles. The van der Waals surface area contributed by atoms with Crippen LogP contribution in [0.2, 0.25) is 0 Å². The number of para-hydroxylation sites is 1. The summed E-state index contributed by atoms with van der Waals surface area (Å²) >= 11 is 0. The molecule has 0 bridgehead atoms. The molecule has 0 aliphatic heterocycles. The second-order valence-corrected chi connectivity index (χ2v) is 8.15. The van der Waals surface area contributed by atoms with Crippen molar-refractivity contribution in [3.8, 4) is 5.69 Å². The van der Waals surface area contributed by atoms with Crippen LogP contribution in [0.1, 0.15) is 50.4 Å². The predicted molar refractivity (Wildman–Crippen MR) is 125 cm³/mol. The van der Waals surface area contributed by atoms with Gasteiger partial charge in [-0.05, 0) is 30.9 Å². The molecule has 3 rings (SSSR count). The molecule has 0 unspecified atom stereocenters. The molecule has 0 spiro atoms. The minimum atomic E-state index is -0.673. The van der Waals surface area contributed by atoms with Crippen molar-refractivity contribution in [2.24, 2.45) is 5.92 Å². The first-order valence-corrected chi connectivity index (χ1v) is 10.9. The number of nitrogens with zero attached hydrogens (tertiary/aromatic N) is 4. The second kappa shape index (κ2) is 10.1. The maximum absolute atomic E-state index is 13.5.